The summed E-state index contributed by atoms with van der Waals surface area (Å²) in [5.41, 5.74) is 2.46. The Morgan fingerprint density at radius 1 is 0.773 bits per heavy atom. The molecule has 110 valence electrons. The minimum Gasteiger partial charge on any atom is -0.463 e. The lowest BCUT2D eigenvalue weighted by molar-refractivity contribution is 0.272. The van der Waals surface area contributed by atoms with Gasteiger partial charge < -0.3 is 4.42 Å². The van der Waals surface area contributed by atoms with Gasteiger partial charge in [-0.15, -0.1) is 0 Å². The number of hydrogen-bond donors (Lipinski definition) is 0. The predicted molar refractivity (Wildman–Crippen MR) is 88.4 cm³/mol. The van der Waals surface area contributed by atoms with Gasteiger partial charge in [-0.1, -0.05) is 60.7 Å². The predicted octanol–water partition coefficient (Wildman–Crippen LogP) is 4.32. The maximum atomic E-state index is 5.31. The van der Waals surface area contributed by atoms with E-state index in [1.807, 2.05) is 53.5 Å². The molecule has 0 aliphatic heterocycles. The molecular weight excluding hydrogens is 272 g/mol. The lowest BCUT2D eigenvalue weighted by Gasteiger charge is -2.19. The second-order valence-corrected chi connectivity index (χ2v) is 5.05. The van der Waals surface area contributed by atoms with Gasteiger partial charge in [0.25, 0.3) is 0 Å². The van der Waals surface area contributed by atoms with Gasteiger partial charge in [-0.2, -0.15) is 5.10 Å². The number of rotatable bonds is 6. The van der Waals surface area contributed by atoms with Gasteiger partial charge in [0, 0.05) is 0 Å². The van der Waals surface area contributed by atoms with Crippen LogP contribution in [0.4, 0.5) is 0 Å². The van der Waals surface area contributed by atoms with Crippen LogP contribution in [0.5, 0.6) is 0 Å². The Kier molecular flexibility index (Phi) is 4.67. The van der Waals surface area contributed by atoms with Gasteiger partial charge in [-0.05, 0) is 23.3 Å². The fourth-order valence-corrected chi connectivity index (χ4v) is 2.23. The maximum Gasteiger partial charge on any atom is 0.146 e. The van der Waals surface area contributed by atoms with Gasteiger partial charge in [0.05, 0.1) is 25.6 Å². The smallest absolute Gasteiger partial charge is 0.146 e. The van der Waals surface area contributed by atoms with Gasteiger partial charge in [-0.3, -0.25) is 5.01 Å². The standard InChI is InChI=1S/C19H18N2O/c1-3-8-17(9-4-1)15-21(16-18-10-5-2-6-11-18)20-14-19-12-7-13-22-19/h1-14H,15-16H2. The van der Waals surface area contributed by atoms with E-state index in [-0.39, 0.29) is 0 Å². The maximum absolute atomic E-state index is 5.31. The van der Waals surface area contributed by atoms with Crippen molar-refractivity contribution in [2.45, 2.75) is 13.1 Å². The average Bonchev–Trinajstić information content (AvgIpc) is 3.08. The Bertz CT molecular complexity index is 649. The van der Waals surface area contributed by atoms with Gasteiger partial charge in [0.15, 0.2) is 0 Å². The van der Waals surface area contributed by atoms with Crippen LogP contribution < -0.4 is 0 Å². The topological polar surface area (TPSA) is 28.7 Å². The zero-order chi connectivity index (χ0) is 15.0. The van der Waals surface area contributed by atoms with Crippen LogP contribution in [0.25, 0.3) is 0 Å². The Morgan fingerprint density at radius 2 is 1.36 bits per heavy atom. The van der Waals surface area contributed by atoms with Crippen LogP contribution in [0.15, 0.2) is 88.6 Å². The summed E-state index contributed by atoms with van der Waals surface area (Å²) in [5, 5.41) is 6.61. The lowest BCUT2D eigenvalue weighted by atomic mass is 10.2. The zero-order valence-corrected chi connectivity index (χ0v) is 12.3. The molecule has 1 heterocycles. The van der Waals surface area contributed by atoms with Gasteiger partial charge in [0.2, 0.25) is 0 Å². The molecule has 0 amide bonds. The van der Waals surface area contributed by atoms with Crippen molar-refractivity contribution in [3.05, 3.63) is 95.9 Å². The summed E-state index contributed by atoms with van der Waals surface area (Å²) in [6, 6.07) is 24.4. The Morgan fingerprint density at radius 3 is 1.86 bits per heavy atom. The van der Waals surface area contributed by atoms with E-state index in [1.165, 1.54) is 11.1 Å². The van der Waals surface area contributed by atoms with Crippen LogP contribution in [0.2, 0.25) is 0 Å². The monoisotopic (exact) mass is 290 g/mol. The molecule has 3 nitrogen and oxygen atoms in total. The normalized spacial score (nSPS) is 10.9. The molecule has 0 aliphatic rings. The first-order valence-electron chi connectivity index (χ1n) is 7.30. The molecule has 0 bridgehead atoms. The van der Waals surface area contributed by atoms with E-state index in [4.69, 9.17) is 4.42 Å². The van der Waals surface area contributed by atoms with Crippen LogP contribution in [-0.2, 0) is 13.1 Å². The number of nitrogens with zero attached hydrogens (tertiary/aromatic N) is 2. The quantitative estimate of drug-likeness (QED) is 0.500. The third kappa shape index (κ3) is 4.09. The molecule has 0 fully saturated rings. The van der Waals surface area contributed by atoms with Crippen molar-refractivity contribution in [3.63, 3.8) is 0 Å². The second kappa shape index (κ2) is 7.27. The number of furan rings is 1. The number of hydrazone groups is 1. The van der Waals surface area contributed by atoms with Crippen molar-refractivity contribution in [1.82, 2.24) is 5.01 Å². The highest BCUT2D eigenvalue weighted by Crippen LogP contribution is 2.10. The summed E-state index contributed by atoms with van der Waals surface area (Å²) in [6.45, 7) is 1.51. The third-order valence-corrected chi connectivity index (χ3v) is 3.31. The van der Waals surface area contributed by atoms with E-state index in [1.54, 1.807) is 12.5 Å². The molecule has 0 unspecified atom stereocenters. The first-order valence-corrected chi connectivity index (χ1v) is 7.30. The fourth-order valence-electron chi connectivity index (χ4n) is 2.23. The summed E-state index contributed by atoms with van der Waals surface area (Å²) in [6.07, 6.45) is 3.41. The molecule has 0 aliphatic carbocycles. The largest absolute Gasteiger partial charge is 0.463 e. The van der Waals surface area contributed by atoms with E-state index >= 15 is 0 Å². The highest BCUT2D eigenvalue weighted by Gasteiger charge is 2.04. The van der Waals surface area contributed by atoms with Crippen molar-refractivity contribution in [2.75, 3.05) is 0 Å². The van der Waals surface area contributed by atoms with Crippen LogP contribution in [0.1, 0.15) is 16.9 Å². The molecule has 0 N–H and O–H groups in total. The summed E-state index contributed by atoms with van der Waals surface area (Å²) >= 11 is 0. The fraction of sp³-hybridized carbons (Fsp3) is 0.105. The number of benzene rings is 2. The van der Waals surface area contributed by atoms with Crippen molar-refractivity contribution in [1.29, 1.82) is 0 Å². The average molecular weight is 290 g/mol. The van der Waals surface area contributed by atoms with Crippen LogP contribution in [-0.4, -0.2) is 11.2 Å². The van der Waals surface area contributed by atoms with E-state index in [0.717, 1.165) is 18.8 Å². The highest BCUT2D eigenvalue weighted by atomic mass is 16.3. The van der Waals surface area contributed by atoms with Crippen LogP contribution >= 0.6 is 0 Å². The molecule has 0 saturated heterocycles. The summed E-state index contributed by atoms with van der Waals surface area (Å²) in [7, 11) is 0. The van der Waals surface area contributed by atoms with Crippen molar-refractivity contribution >= 4 is 6.21 Å². The molecule has 3 aromatic rings. The molecule has 0 spiro atoms. The molecule has 0 atom stereocenters. The summed E-state index contributed by atoms with van der Waals surface area (Å²) in [5.74, 6) is 0.756. The first-order chi connectivity index (χ1) is 10.9. The zero-order valence-electron chi connectivity index (χ0n) is 12.3. The molecule has 22 heavy (non-hydrogen) atoms. The van der Waals surface area contributed by atoms with Crippen LogP contribution in [0.3, 0.4) is 0 Å². The number of hydrogen-bond acceptors (Lipinski definition) is 3. The minimum absolute atomic E-state index is 0.756. The lowest BCUT2D eigenvalue weighted by Crippen LogP contribution is -2.16. The Hall–Kier alpha value is -2.81. The molecule has 2 aromatic carbocycles. The molecule has 0 saturated carbocycles. The second-order valence-electron chi connectivity index (χ2n) is 5.05. The van der Waals surface area contributed by atoms with Crippen LogP contribution in [0, 0.1) is 0 Å². The molecule has 0 radical (unpaired) electrons. The van der Waals surface area contributed by atoms with Gasteiger partial charge in [-0.25, -0.2) is 0 Å². The first kappa shape index (κ1) is 14.1. The Labute approximate surface area is 130 Å². The molecule has 1 aromatic heterocycles. The summed E-state index contributed by atoms with van der Waals surface area (Å²) in [4.78, 5) is 0. The van der Waals surface area contributed by atoms with Crippen molar-refractivity contribution in [3.8, 4) is 0 Å². The third-order valence-electron chi connectivity index (χ3n) is 3.31. The molecule has 3 heteroatoms. The van der Waals surface area contributed by atoms with E-state index in [2.05, 4.69) is 29.4 Å². The van der Waals surface area contributed by atoms with Gasteiger partial charge in [0.1, 0.15) is 5.76 Å². The molecular formula is C19H18N2O. The Balaban J connectivity index is 1.75. The van der Waals surface area contributed by atoms with Crippen molar-refractivity contribution in [2.24, 2.45) is 5.10 Å². The van der Waals surface area contributed by atoms with E-state index < -0.39 is 0 Å². The summed E-state index contributed by atoms with van der Waals surface area (Å²) < 4.78 is 5.31. The SMILES string of the molecule is C(=NN(Cc1ccccc1)Cc1ccccc1)c1ccco1. The minimum atomic E-state index is 0.756. The highest BCUT2D eigenvalue weighted by molar-refractivity contribution is 5.75. The molecule has 3 rings (SSSR count). The van der Waals surface area contributed by atoms with Crippen molar-refractivity contribution < 1.29 is 4.42 Å². The van der Waals surface area contributed by atoms with E-state index in [9.17, 15) is 0 Å². The van der Waals surface area contributed by atoms with Gasteiger partial charge >= 0.3 is 0 Å². The van der Waals surface area contributed by atoms with E-state index in [0.29, 0.717) is 0 Å².